The number of rotatable bonds is 25. The van der Waals surface area contributed by atoms with E-state index in [-0.39, 0.29) is 109 Å². The molecule has 0 fully saturated rings. The average Bonchev–Trinajstić information content (AvgIpc) is 1.70. The number of aliphatic carboxylic acids is 1. The van der Waals surface area contributed by atoms with Gasteiger partial charge in [-0.05, 0) is 153 Å². The Morgan fingerprint density at radius 2 is 0.547 bits per heavy atom. The Morgan fingerprint density at radius 1 is 0.312 bits per heavy atom. The minimum atomic E-state index is -0.846. The van der Waals surface area contributed by atoms with Crippen molar-refractivity contribution in [1.29, 1.82) is 0 Å². The Morgan fingerprint density at radius 3 is 0.812 bits per heavy atom. The van der Waals surface area contributed by atoms with E-state index in [0.717, 1.165) is 78.7 Å². The summed E-state index contributed by atoms with van der Waals surface area (Å²) in [6.45, 7) is 9.78. The molecule has 0 aliphatic heterocycles. The number of esters is 1. The van der Waals surface area contributed by atoms with Crippen molar-refractivity contribution < 1.29 is 61.8 Å². The van der Waals surface area contributed by atoms with E-state index in [1.54, 1.807) is 36.4 Å². The van der Waals surface area contributed by atoms with Crippen LogP contribution in [0, 0.1) is 39.3 Å². The van der Waals surface area contributed by atoms with E-state index in [9.17, 15) is 57.0 Å². The lowest BCUT2D eigenvalue weighted by Crippen LogP contribution is -2.25. The van der Waals surface area contributed by atoms with Gasteiger partial charge in [-0.15, -0.1) is 0 Å². The SMILES string of the molecule is CC(=O)c1ccc(F)cc1.COC(=O)Cn1c(-c2ccccc2)ccc1-c1ccc(C)cc1.Cc1ccc(-c2ccc(-c3ccccc3)n2CC(=O)N=C(N)N)cc1.Cc1ccc(-c2ccc(-c3ccccc3)n2CC(=O)O)cc1.Cc1ccc(C(=O)CCC(=O)c2ccccc2)cc1.O=C(CBr)c1ccccc1.O=C(CCC(=O)c1ccc(F)cc1)c1ccccc1. The van der Waals surface area contributed by atoms with Gasteiger partial charge in [-0.1, -0.05) is 317 Å². The number of carboxylic acids is 1. The van der Waals surface area contributed by atoms with Crippen molar-refractivity contribution in [3.05, 3.63) is 431 Å². The van der Waals surface area contributed by atoms with Gasteiger partial charge in [0, 0.05) is 93.2 Å². The van der Waals surface area contributed by atoms with E-state index >= 15 is 0 Å². The van der Waals surface area contributed by atoms with Gasteiger partial charge in [-0.25, -0.2) is 8.78 Å². The first-order valence-electron chi connectivity index (χ1n) is 41.1. The molecule has 648 valence electrons. The third-order valence-corrected chi connectivity index (χ3v) is 20.4. The minimum Gasteiger partial charge on any atom is -0.480 e. The molecule has 0 bridgehead atoms. The van der Waals surface area contributed by atoms with Gasteiger partial charge in [0.25, 0.3) is 5.91 Å². The van der Waals surface area contributed by atoms with E-state index in [4.69, 9.17) is 16.2 Å². The van der Waals surface area contributed by atoms with Gasteiger partial charge in [0.2, 0.25) is 0 Å². The van der Waals surface area contributed by atoms with Crippen LogP contribution in [0.3, 0.4) is 0 Å². The number of methoxy groups -OCH3 is 1. The molecule has 3 aromatic heterocycles. The molecule has 0 aliphatic rings. The Balaban J connectivity index is 0.000000172. The molecule has 17 nitrogen and oxygen atoms in total. The van der Waals surface area contributed by atoms with Crippen molar-refractivity contribution in [3.63, 3.8) is 0 Å². The number of aryl methyl sites for hydroxylation is 4. The van der Waals surface area contributed by atoms with Crippen LogP contribution in [0.2, 0.25) is 0 Å². The van der Waals surface area contributed by atoms with E-state index < -0.39 is 5.97 Å². The van der Waals surface area contributed by atoms with Crippen molar-refractivity contribution >= 4 is 74.4 Å². The summed E-state index contributed by atoms with van der Waals surface area (Å²) in [6, 6.07) is 112. The van der Waals surface area contributed by atoms with Crippen LogP contribution >= 0.6 is 15.9 Å². The number of ether oxygens (including phenoxy) is 1. The lowest BCUT2D eigenvalue weighted by Gasteiger charge is -2.13. The number of alkyl halides is 1. The second-order valence-corrected chi connectivity index (χ2v) is 30.0. The lowest BCUT2D eigenvalue weighted by atomic mass is 10.0. The topological polar surface area (TPSA) is 262 Å². The molecule has 3 heterocycles. The fraction of sp³-hybridized carbons (Fsp3) is 0.130. The van der Waals surface area contributed by atoms with Gasteiger partial charge in [-0.3, -0.25) is 43.2 Å². The number of hydrogen-bond acceptors (Lipinski definition) is 10. The molecular weight excluding hydrogens is 1680 g/mol. The molecule has 1 amide bonds. The third kappa shape index (κ3) is 30.3. The number of halogens is 3. The maximum atomic E-state index is 12.7. The Hall–Kier alpha value is -15.3. The molecule has 5 N–H and O–H groups in total. The summed E-state index contributed by atoms with van der Waals surface area (Å²) in [5.74, 6) is -2.50. The molecule has 0 atom stereocenters. The summed E-state index contributed by atoms with van der Waals surface area (Å²) in [4.78, 5) is 108. The molecule has 15 aromatic rings. The first-order valence-corrected chi connectivity index (χ1v) is 42.2. The van der Waals surface area contributed by atoms with Crippen molar-refractivity contribution in [3.8, 4) is 67.5 Å². The maximum Gasteiger partial charge on any atom is 0.325 e. The van der Waals surface area contributed by atoms with Crippen LogP contribution < -0.4 is 11.5 Å². The summed E-state index contributed by atoms with van der Waals surface area (Å²) in [5, 5.41) is 9.65. The quantitative estimate of drug-likeness (QED) is 0.0158. The van der Waals surface area contributed by atoms with Crippen LogP contribution in [-0.4, -0.2) is 89.8 Å². The van der Waals surface area contributed by atoms with Gasteiger partial charge >= 0.3 is 11.9 Å². The molecule has 0 spiro atoms. The summed E-state index contributed by atoms with van der Waals surface area (Å²) in [7, 11) is 1.42. The monoisotopic (exact) mass is 1770 g/mol. The fourth-order valence-electron chi connectivity index (χ4n) is 13.1. The summed E-state index contributed by atoms with van der Waals surface area (Å²) in [5.41, 5.74) is 31.0. The van der Waals surface area contributed by atoms with Crippen LogP contribution in [0.4, 0.5) is 8.78 Å². The molecule has 0 aliphatic carbocycles. The zero-order chi connectivity index (χ0) is 91.9. The van der Waals surface area contributed by atoms with Crippen molar-refractivity contribution in [2.24, 2.45) is 16.5 Å². The number of Topliss-reactive ketones (excluding diaryl/α,β-unsaturated/α-hetero) is 6. The summed E-state index contributed by atoms with van der Waals surface area (Å²) >= 11 is 3.10. The second-order valence-electron chi connectivity index (χ2n) is 29.4. The van der Waals surface area contributed by atoms with Crippen LogP contribution in [0.15, 0.2) is 369 Å². The highest BCUT2D eigenvalue weighted by Crippen LogP contribution is 2.33. The number of benzene rings is 12. The number of aliphatic imine (C=N–C) groups is 1. The highest BCUT2D eigenvalue weighted by atomic mass is 79.9. The van der Waals surface area contributed by atoms with Crippen molar-refractivity contribution in [2.75, 3.05) is 12.4 Å². The van der Waals surface area contributed by atoms with Crippen LogP contribution in [0.25, 0.3) is 67.5 Å². The van der Waals surface area contributed by atoms with Crippen LogP contribution in [0.5, 0.6) is 0 Å². The number of carbonyl (C=O) groups excluding carboxylic acids is 8. The second kappa shape index (κ2) is 49.9. The number of nitrogens with two attached hydrogens (primary N) is 2. The lowest BCUT2D eigenvalue weighted by molar-refractivity contribution is -0.141. The number of ketones is 6. The fourth-order valence-corrected chi connectivity index (χ4v) is 13.4. The number of carbonyl (C=O) groups is 9. The zero-order valence-electron chi connectivity index (χ0n) is 71.9. The number of guanidine groups is 1. The van der Waals surface area contributed by atoms with Crippen LogP contribution in [0.1, 0.15) is 117 Å². The van der Waals surface area contributed by atoms with Crippen molar-refractivity contribution in [2.45, 2.75) is 79.9 Å². The normalized spacial score (nSPS) is 10.2. The zero-order valence-corrected chi connectivity index (χ0v) is 73.5. The number of nitrogens with zero attached hydrogens (tertiary/aromatic N) is 4. The molecule has 20 heteroatoms. The average molecular weight is 1770 g/mol. The molecule has 12 aromatic carbocycles. The highest BCUT2D eigenvalue weighted by molar-refractivity contribution is 9.09. The minimum absolute atomic E-state index is 0.0149. The van der Waals surface area contributed by atoms with Gasteiger partial charge in [-0.2, -0.15) is 4.99 Å². The Labute approximate surface area is 752 Å². The summed E-state index contributed by atoms with van der Waals surface area (Å²) in [6.07, 6.45) is 0.826. The predicted molar refractivity (Wildman–Crippen MR) is 508 cm³/mol. The van der Waals surface area contributed by atoms with E-state index in [2.05, 4.69) is 58.2 Å². The first-order chi connectivity index (χ1) is 61.7. The van der Waals surface area contributed by atoms with Gasteiger partial charge in [0.05, 0.1) is 12.4 Å². The molecule has 128 heavy (non-hydrogen) atoms. The van der Waals surface area contributed by atoms with Gasteiger partial charge in [0.15, 0.2) is 40.7 Å². The largest absolute Gasteiger partial charge is 0.480 e. The predicted octanol–water partition coefficient (Wildman–Crippen LogP) is 23.3. The molecular formula is C108H99BrF2N6O11. The van der Waals surface area contributed by atoms with Gasteiger partial charge < -0.3 is 35.0 Å². The number of carboxylic acid groups (broad SMARTS) is 1. The maximum absolute atomic E-state index is 12.7. The smallest absolute Gasteiger partial charge is 0.325 e. The van der Waals surface area contributed by atoms with E-state index in [0.29, 0.717) is 33.1 Å². The Bertz CT molecular complexity index is 6060. The van der Waals surface area contributed by atoms with E-state index in [1.165, 1.54) is 79.3 Å². The molecule has 15 rings (SSSR count). The molecule has 0 saturated heterocycles. The van der Waals surface area contributed by atoms with Crippen LogP contribution in [-0.2, 0) is 38.8 Å². The first kappa shape index (κ1) is 96.5. The molecule has 0 saturated carbocycles. The summed E-state index contributed by atoms with van der Waals surface area (Å²) < 4.78 is 35.6. The Kier molecular flexibility index (Phi) is 37.6. The number of hydrogen-bond donors (Lipinski definition) is 3. The third-order valence-electron chi connectivity index (χ3n) is 19.9. The standard InChI is InChI=1S/C20H20N4O.C20H19NO2.C19H17NO2.C17H16O2.C16H13FO2.C8H7BrO.C8H7FO/c1-14-7-9-16(10-8-14)18-12-11-17(15-5-3-2-4-6-15)24(18)13-19(25)23-20(21)22;1-15-8-10-17(11-9-15)19-13-12-18(16-6-4-3-5-7-16)21(19)14-20(22)23-2;1-14-7-9-16(10-8-14)18-12-11-17(20(18)13-19(21)22)15-5-3-2-4-6-15;1-13-7-9-15(10-8-13)17(19)12-11-16(18)14-5-3-2-4-6-14;17-14-8-6-13(7-9-14)16(19)11-10-15(18)12-4-2-1-3-5-12;9-6-8(10)7-4-2-1-3-5-7;1-6(10)7-2-4-8(9)5-3-7/h2-12H,13H2,1H3,(H4,21,22,23,25);3-13H,14H2,1-2H3;2-12H,13H2,1H3,(H,21,22);2-10H,11-12H2,1H3;1-9H,10-11H2;1-5H,6H2;2-5H,1H3. The van der Waals surface area contributed by atoms with Crippen molar-refractivity contribution in [1.82, 2.24) is 13.7 Å². The highest BCUT2D eigenvalue weighted by Gasteiger charge is 2.20. The molecule has 0 radical (unpaired) electrons. The van der Waals surface area contributed by atoms with E-state index in [1.807, 2.05) is 283 Å². The van der Waals surface area contributed by atoms with Gasteiger partial charge in [0.1, 0.15) is 31.3 Å². The molecule has 0 unspecified atom stereocenters. The number of aromatic nitrogens is 3. The number of amides is 1.